The van der Waals surface area contributed by atoms with Gasteiger partial charge in [-0.3, -0.25) is 0 Å². The van der Waals surface area contributed by atoms with Crippen LogP contribution in [0.1, 0.15) is 11.1 Å². The Balaban J connectivity index is 1.73. The standard InChI is InChI=1S/C26H18F2N4O/c1-33-25-5-4-18(11-22(25)28)26-20(17-2-3-19(13-29)21(27)10-17)12-24-23(31-26)7-9-32(24)15-16-6-8-30-14-16/h2-12,14,30H,15H2,1H3. The summed E-state index contributed by atoms with van der Waals surface area (Å²) < 4.78 is 36.1. The number of nitrogens with one attached hydrogen (secondary N) is 1. The summed E-state index contributed by atoms with van der Waals surface area (Å²) in [5.41, 5.74) is 4.86. The summed E-state index contributed by atoms with van der Waals surface area (Å²) in [6, 6.07) is 16.7. The van der Waals surface area contributed by atoms with E-state index in [0.29, 0.717) is 28.9 Å². The summed E-state index contributed by atoms with van der Waals surface area (Å²) >= 11 is 0. The van der Waals surface area contributed by atoms with E-state index in [9.17, 15) is 8.78 Å². The van der Waals surface area contributed by atoms with Crippen LogP contribution in [0.3, 0.4) is 0 Å². The number of methoxy groups -OCH3 is 1. The first-order chi connectivity index (χ1) is 16.1. The average molecular weight is 440 g/mol. The lowest BCUT2D eigenvalue weighted by Crippen LogP contribution is -1.99. The van der Waals surface area contributed by atoms with Crippen molar-refractivity contribution in [1.29, 1.82) is 5.26 Å². The molecule has 3 heterocycles. The van der Waals surface area contributed by atoms with Gasteiger partial charge < -0.3 is 14.3 Å². The molecular formula is C26H18F2N4O. The van der Waals surface area contributed by atoms with Crippen molar-refractivity contribution in [2.75, 3.05) is 7.11 Å². The van der Waals surface area contributed by atoms with E-state index in [-0.39, 0.29) is 11.3 Å². The van der Waals surface area contributed by atoms with Crippen LogP contribution >= 0.6 is 0 Å². The van der Waals surface area contributed by atoms with Crippen molar-refractivity contribution in [3.05, 3.63) is 95.9 Å². The minimum atomic E-state index is -0.621. The molecular weight excluding hydrogens is 422 g/mol. The maximum Gasteiger partial charge on any atom is 0.165 e. The van der Waals surface area contributed by atoms with Crippen molar-refractivity contribution >= 4 is 11.0 Å². The summed E-state index contributed by atoms with van der Waals surface area (Å²) in [5, 5.41) is 9.10. The number of halogens is 2. The minimum absolute atomic E-state index is 0.0411. The van der Waals surface area contributed by atoms with Crippen LogP contribution in [-0.4, -0.2) is 21.6 Å². The number of benzene rings is 2. The number of rotatable bonds is 5. The van der Waals surface area contributed by atoms with Gasteiger partial charge in [0, 0.05) is 36.3 Å². The fourth-order valence-electron chi connectivity index (χ4n) is 3.93. The number of ether oxygens (including phenoxy) is 1. The molecule has 7 heteroatoms. The molecule has 0 spiro atoms. The monoisotopic (exact) mass is 440 g/mol. The molecule has 5 nitrogen and oxygen atoms in total. The maximum absolute atomic E-state index is 14.5. The number of fused-ring (bicyclic) bond motifs is 1. The van der Waals surface area contributed by atoms with Crippen LogP contribution in [0, 0.1) is 23.0 Å². The van der Waals surface area contributed by atoms with Crippen LogP contribution in [0.25, 0.3) is 33.4 Å². The molecule has 0 fully saturated rings. The molecule has 0 amide bonds. The van der Waals surface area contributed by atoms with Gasteiger partial charge in [0.2, 0.25) is 0 Å². The lowest BCUT2D eigenvalue weighted by Gasteiger charge is -2.13. The highest BCUT2D eigenvalue weighted by molar-refractivity contribution is 5.90. The molecule has 0 aliphatic carbocycles. The van der Waals surface area contributed by atoms with Gasteiger partial charge in [-0.25, -0.2) is 13.8 Å². The SMILES string of the molecule is COc1ccc(-c2nc3ccn(Cc4cc[nH]c4)c3cc2-c2ccc(C#N)c(F)c2)cc1F. The smallest absolute Gasteiger partial charge is 0.165 e. The third kappa shape index (κ3) is 3.72. The molecule has 1 N–H and O–H groups in total. The number of hydrogen-bond donors (Lipinski definition) is 1. The zero-order valence-corrected chi connectivity index (χ0v) is 17.6. The summed E-state index contributed by atoms with van der Waals surface area (Å²) in [6.07, 6.45) is 5.72. The third-order valence-corrected chi connectivity index (χ3v) is 5.59. The highest BCUT2D eigenvalue weighted by atomic mass is 19.1. The quantitative estimate of drug-likeness (QED) is 0.370. The predicted molar refractivity (Wildman–Crippen MR) is 122 cm³/mol. The Morgan fingerprint density at radius 2 is 1.85 bits per heavy atom. The summed E-state index contributed by atoms with van der Waals surface area (Å²) in [4.78, 5) is 7.86. The van der Waals surface area contributed by atoms with Crippen molar-refractivity contribution in [2.24, 2.45) is 0 Å². The number of aromatic nitrogens is 3. The third-order valence-electron chi connectivity index (χ3n) is 5.59. The average Bonchev–Trinajstić information content (AvgIpc) is 3.48. The summed E-state index contributed by atoms with van der Waals surface area (Å²) in [5.74, 6) is -1.01. The second-order valence-electron chi connectivity index (χ2n) is 7.61. The number of nitriles is 1. The molecule has 0 aliphatic heterocycles. The largest absolute Gasteiger partial charge is 0.494 e. The summed E-state index contributed by atoms with van der Waals surface area (Å²) in [6.45, 7) is 0.631. The molecule has 5 aromatic rings. The Morgan fingerprint density at radius 1 is 1.03 bits per heavy atom. The lowest BCUT2D eigenvalue weighted by molar-refractivity contribution is 0.386. The molecule has 2 aromatic carbocycles. The fourth-order valence-corrected chi connectivity index (χ4v) is 3.93. The van der Waals surface area contributed by atoms with Crippen LogP contribution < -0.4 is 4.74 Å². The molecule has 3 aromatic heterocycles. The molecule has 0 aliphatic rings. The van der Waals surface area contributed by atoms with E-state index in [1.807, 2.05) is 47.4 Å². The van der Waals surface area contributed by atoms with E-state index >= 15 is 0 Å². The van der Waals surface area contributed by atoms with Gasteiger partial charge >= 0.3 is 0 Å². The van der Waals surface area contributed by atoms with Gasteiger partial charge in [-0.2, -0.15) is 5.26 Å². The molecule has 0 saturated heterocycles. The molecule has 0 atom stereocenters. The number of hydrogen-bond acceptors (Lipinski definition) is 3. The molecule has 5 rings (SSSR count). The van der Waals surface area contributed by atoms with E-state index in [1.165, 1.54) is 31.4 Å². The Morgan fingerprint density at radius 3 is 2.55 bits per heavy atom. The van der Waals surface area contributed by atoms with Crippen LogP contribution in [-0.2, 0) is 6.54 Å². The van der Waals surface area contributed by atoms with E-state index in [4.69, 9.17) is 15.0 Å². The van der Waals surface area contributed by atoms with Gasteiger partial charge in [0.15, 0.2) is 11.6 Å². The number of pyridine rings is 1. The van der Waals surface area contributed by atoms with Crippen LogP contribution in [0.5, 0.6) is 5.75 Å². The first-order valence-electron chi connectivity index (χ1n) is 10.2. The number of nitrogens with zero attached hydrogens (tertiary/aromatic N) is 3. The van der Waals surface area contributed by atoms with Gasteiger partial charge in [-0.15, -0.1) is 0 Å². The van der Waals surface area contributed by atoms with Gasteiger partial charge in [0.25, 0.3) is 0 Å². The van der Waals surface area contributed by atoms with E-state index < -0.39 is 11.6 Å². The van der Waals surface area contributed by atoms with Crippen LogP contribution in [0.4, 0.5) is 8.78 Å². The van der Waals surface area contributed by atoms with Gasteiger partial charge in [-0.05, 0) is 59.7 Å². The van der Waals surface area contributed by atoms with Crippen molar-refractivity contribution in [3.8, 4) is 34.2 Å². The number of aromatic amines is 1. The highest BCUT2D eigenvalue weighted by Crippen LogP contribution is 2.36. The zero-order valence-electron chi connectivity index (χ0n) is 17.6. The van der Waals surface area contributed by atoms with E-state index in [1.54, 1.807) is 12.1 Å². The molecule has 0 unspecified atom stereocenters. The van der Waals surface area contributed by atoms with Crippen LogP contribution in [0.15, 0.2) is 73.2 Å². The maximum atomic E-state index is 14.5. The van der Waals surface area contributed by atoms with Crippen molar-refractivity contribution in [3.63, 3.8) is 0 Å². The van der Waals surface area contributed by atoms with E-state index in [2.05, 4.69) is 4.98 Å². The minimum Gasteiger partial charge on any atom is -0.494 e. The lowest BCUT2D eigenvalue weighted by atomic mass is 9.97. The first-order valence-corrected chi connectivity index (χ1v) is 10.2. The summed E-state index contributed by atoms with van der Waals surface area (Å²) in [7, 11) is 1.40. The number of H-pyrrole nitrogens is 1. The predicted octanol–water partition coefficient (Wildman–Crippen LogP) is 5.91. The Bertz CT molecular complexity index is 1510. The van der Waals surface area contributed by atoms with Gasteiger partial charge in [-0.1, -0.05) is 6.07 Å². The Labute approximate surface area is 188 Å². The molecule has 0 radical (unpaired) electrons. The van der Waals surface area contributed by atoms with Gasteiger partial charge in [0.1, 0.15) is 11.9 Å². The van der Waals surface area contributed by atoms with Crippen LogP contribution in [0.2, 0.25) is 0 Å². The Hall–Kier alpha value is -4.44. The topological polar surface area (TPSA) is 66.6 Å². The van der Waals surface area contributed by atoms with Crippen molar-refractivity contribution in [1.82, 2.24) is 14.5 Å². The Kier molecular flexibility index (Phi) is 5.11. The van der Waals surface area contributed by atoms with Gasteiger partial charge in [0.05, 0.1) is 29.4 Å². The van der Waals surface area contributed by atoms with Crippen molar-refractivity contribution in [2.45, 2.75) is 6.54 Å². The zero-order chi connectivity index (χ0) is 22.9. The fraction of sp³-hybridized carbons (Fsp3) is 0.0769. The molecule has 0 saturated carbocycles. The molecule has 33 heavy (non-hydrogen) atoms. The highest BCUT2D eigenvalue weighted by Gasteiger charge is 2.17. The second-order valence-corrected chi connectivity index (χ2v) is 7.61. The molecule has 0 bridgehead atoms. The van der Waals surface area contributed by atoms with Crippen molar-refractivity contribution < 1.29 is 13.5 Å². The second kappa shape index (κ2) is 8.24. The normalized spacial score (nSPS) is 11.0. The van der Waals surface area contributed by atoms with E-state index in [0.717, 1.165) is 16.6 Å². The molecule has 162 valence electrons. The first kappa shape index (κ1) is 20.5.